The fourth-order valence-electron chi connectivity index (χ4n) is 3.85. The van der Waals surface area contributed by atoms with Crippen LogP contribution >= 0.6 is 11.8 Å². The van der Waals surface area contributed by atoms with Crippen LogP contribution in [0.5, 0.6) is 0 Å². The molecule has 1 unspecified atom stereocenters. The lowest BCUT2D eigenvalue weighted by molar-refractivity contribution is 0.439. The van der Waals surface area contributed by atoms with Crippen LogP contribution in [0.15, 0.2) is 34.2 Å². The van der Waals surface area contributed by atoms with Crippen molar-refractivity contribution in [3.8, 4) is 11.3 Å². The van der Waals surface area contributed by atoms with Crippen LogP contribution in [0, 0.1) is 0 Å². The Kier molecular flexibility index (Phi) is 3.76. The molecule has 25 heavy (non-hydrogen) atoms. The average Bonchev–Trinajstić information content (AvgIpc) is 3.00. The Bertz CT molecular complexity index is 1040. The minimum Gasteiger partial charge on any atom is -0.268 e. The van der Waals surface area contributed by atoms with Crippen molar-refractivity contribution in [1.82, 2.24) is 19.2 Å². The number of fused-ring (bicyclic) bond motifs is 4. The summed E-state index contributed by atoms with van der Waals surface area (Å²) >= 11 is 1.48. The summed E-state index contributed by atoms with van der Waals surface area (Å²) in [6.07, 6.45) is 3.71. The molecule has 6 heteroatoms. The summed E-state index contributed by atoms with van der Waals surface area (Å²) < 4.78 is 3.50. The van der Waals surface area contributed by atoms with Crippen LogP contribution in [0.4, 0.5) is 0 Å². The summed E-state index contributed by atoms with van der Waals surface area (Å²) in [7, 11) is 0. The standard InChI is InChI=1S/C19H22N4OS/c1-5-19(3)11-12-9-7-8-10-13(12)15-14(19)16(24)23-17(20-15)22(6-2)21-18(23)25-4/h7-10H,5-6,11H2,1-4H3. The molecular weight excluding hydrogens is 332 g/mol. The van der Waals surface area contributed by atoms with E-state index in [1.54, 1.807) is 4.40 Å². The number of rotatable bonds is 3. The topological polar surface area (TPSA) is 52.2 Å². The van der Waals surface area contributed by atoms with Gasteiger partial charge in [0.1, 0.15) is 0 Å². The van der Waals surface area contributed by atoms with Crippen LogP contribution in [-0.2, 0) is 18.4 Å². The zero-order chi connectivity index (χ0) is 17.8. The third kappa shape index (κ3) is 2.20. The van der Waals surface area contributed by atoms with Crippen molar-refractivity contribution >= 4 is 17.5 Å². The molecule has 1 aliphatic rings. The van der Waals surface area contributed by atoms with Gasteiger partial charge in [0.2, 0.25) is 5.78 Å². The van der Waals surface area contributed by atoms with Gasteiger partial charge in [-0.05, 0) is 31.6 Å². The lowest BCUT2D eigenvalue weighted by Crippen LogP contribution is -2.37. The maximum absolute atomic E-state index is 13.5. The molecule has 4 rings (SSSR count). The predicted molar refractivity (Wildman–Crippen MR) is 101 cm³/mol. The smallest absolute Gasteiger partial charge is 0.265 e. The normalized spacial score (nSPS) is 19.0. The minimum absolute atomic E-state index is 0.0305. The molecule has 0 N–H and O–H groups in total. The highest BCUT2D eigenvalue weighted by atomic mass is 32.2. The first kappa shape index (κ1) is 16.4. The van der Waals surface area contributed by atoms with Crippen molar-refractivity contribution in [1.29, 1.82) is 0 Å². The van der Waals surface area contributed by atoms with E-state index in [9.17, 15) is 4.79 Å². The second kappa shape index (κ2) is 5.73. The maximum Gasteiger partial charge on any atom is 0.265 e. The lowest BCUT2D eigenvalue weighted by Gasteiger charge is -2.34. The molecular formula is C19H22N4OS. The van der Waals surface area contributed by atoms with Crippen molar-refractivity contribution < 1.29 is 0 Å². The Morgan fingerprint density at radius 2 is 2.04 bits per heavy atom. The molecule has 0 saturated heterocycles. The third-order valence-corrected chi connectivity index (χ3v) is 6.04. The van der Waals surface area contributed by atoms with Gasteiger partial charge in [0, 0.05) is 17.5 Å². The van der Waals surface area contributed by atoms with E-state index in [4.69, 9.17) is 4.98 Å². The van der Waals surface area contributed by atoms with Crippen LogP contribution in [-0.4, -0.2) is 25.4 Å². The van der Waals surface area contributed by atoms with E-state index in [1.807, 2.05) is 23.9 Å². The highest BCUT2D eigenvalue weighted by molar-refractivity contribution is 7.98. The van der Waals surface area contributed by atoms with Crippen molar-refractivity contribution in [3.05, 3.63) is 45.7 Å². The first-order valence-electron chi connectivity index (χ1n) is 8.70. The molecule has 1 aliphatic carbocycles. The van der Waals surface area contributed by atoms with Gasteiger partial charge in [0.05, 0.1) is 11.3 Å². The summed E-state index contributed by atoms with van der Waals surface area (Å²) in [5, 5.41) is 5.27. The molecule has 130 valence electrons. The minimum atomic E-state index is -0.209. The Morgan fingerprint density at radius 3 is 2.72 bits per heavy atom. The highest BCUT2D eigenvalue weighted by Gasteiger charge is 2.38. The molecule has 1 atom stereocenters. The molecule has 2 heterocycles. The Labute approximate surface area is 151 Å². The van der Waals surface area contributed by atoms with Crippen LogP contribution in [0.25, 0.3) is 17.0 Å². The van der Waals surface area contributed by atoms with E-state index in [0.717, 1.165) is 29.7 Å². The van der Waals surface area contributed by atoms with E-state index in [-0.39, 0.29) is 11.0 Å². The number of nitrogens with zero attached hydrogens (tertiary/aromatic N) is 4. The van der Waals surface area contributed by atoms with Gasteiger partial charge in [-0.3, -0.25) is 4.79 Å². The van der Waals surface area contributed by atoms with E-state index in [0.29, 0.717) is 17.5 Å². The van der Waals surface area contributed by atoms with Crippen LogP contribution in [0.1, 0.15) is 38.3 Å². The fourth-order valence-corrected chi connectivity index (χ4v) is 4.37. The first-order valence-corrected chi connectivity index (χ1v) is 9.92. The van der Waals surface area contributed by atoms with Gasteiger partial charge in [-0.2, -0.15) is 0 Å². The lowest BCUT2D eigenvalue weighted by atomic mass is 9.69. The van der Waals surface area contributed by atoms with Gasteiger partial charge in [0.25, 0.3) is 5.56 Å². The number of benzene rings is 1. The molecule has 0 aliphatic heterocycles. The Balaban J connectivity index is 2.19. The quantitative estimate of drug-likeness (QED) is 0.675. The van der Waals surface area contributed by atoms with Crippen LogP contribution in [0.3, 0.4) is 0 Å². The molecule has 0 bridgehead atoms. The Hall–Kier alpha value is -2.08. The Morgan fingerprint density at radius 1 is 1.28 bits per heavy atom. The molecule has 0 saturated carbocycles. The monoisotopic (exact) mass is 354 g/mol. The average molecular weight is 354 g/mol. The largest absolute Gasteiger partial charge is 0.268 e. The summed E-state index contributed by atoms with van der Waals surface area (Å²) in [4.78, 5) is 18.5. The zero-order valence-corrected chi connectivity index (χ0v) is 15.9. The van der Waals surface area contributed by atoms with E-state index in [2.05, 4.69) is 37.1 Å². The second-order valence-electron chi connectivity index (χ2n) is 6.83. The fraction of sp³-hybridized carbons (Fsp3) is 0.421. The van der Waals surface area contributed by atoms with Crippen LogP contribution in [0.2, 0.25) is 0 Å². The third-order valence-electron chi connectivity index (χ3n) is 5.41. The second-order valence-corrected chi connectivity index (χ2v) is 7.60. The number of hydrogen-bond acceptors (Lipinski definition) is 4. The highest BCUT2D eigenvalue weighted by Crippen LogP contribution is 2.42. The summed E-state index contributed by atoms with van der Waals surface area (Å²) in [5.74, 6) is 0.630. The van der Waals surface area contributed by atoms with Gasteiger partial charge < -0.3 is 0 Å². The molecule has 5 nitrogen and oxygen atoms in total. The summed E-state index contributed by atoms with van der Waals surface area (Å²) in [6, 6.07) is 8.31. The number of aromatic nitrogens is 4. The van der Waals surface area contributed by atoms with Gasteiger partial charge >= 0.3 is 0 Å². The van der Waals surface area contributed by atoms with E-state index < -0.39 is 0 Å². The molecule has 1 aromatic carbocycles. The van der Waals surface area contributed by atoms with Crippen molar-refractivity contribution in [2.75, 3.05) is 6.26 Å². The first-order chi connectivity index (χ1) is 12.0. The molecule has 0 radical (unpaired) electrons. The molecule has 3 aromatic rings. The van der Waals surface area contributed by atoms with Crippen molar-refractivity contribution in [2.45, 2.75) is 50.7 Å². The zero-order valence-electron chi connectivity index (χ0n) is 15.0. The van der Waals surface area contributed by atoms with Gasteiger partial charge in [-0.15, -0.1) is 5.10 Å². The van der Waals surface area contributed by atoms with E-state index >= 15 is 0 Å². The molecule has 2 aromatic heterocycles. The number of hydrogen-bond donors (Lipinski definition) is 0. The van der Waals surface area contributed by atoms with Crippen LogP contribution < -0.4 is 5.56 Å². The van der Waals surface area contributed by atoms with Gasteiger partial charge in [-0.25, -0.2) is 14.1 Å². The predicted octanol–water partition coefficient (Wildman–Crippen LogP) is 3.52. The van der Waals surface area contributed by atoms with E-state index in [1.165, 1.54) is 17.3 Å². The summed E-state index contributed by atoms with van der Waals surface area (Å²) in [6.45, 7) is 7.03. The van der Waals surface area contributed by atoms with Gasteiger partial charge in [-0.1, -0.05) is 49.9 Å². The number of aryl methyl sites for hydroxylation is 1. The molecule has 0 fully saturated rings. The van der Waals surface area contributed by atoms with Crippen molar-refractivity contribution in [3.63, 3.8) is 0 Å². The molecule has 0 spiro atoms. The molecule has 0 amide bonds. The van der Waals surface area contributed by atoms with Crippen molar-refractivity contribution in [2.24, 2.45) is 0 Å². The number of thioether (sulfide) groups is 1. The van der Waals surface area contributed by atoms with Gasteiger partial charge in [0.15, 0.2) is 5.16 Å². The summed E-state index contributed by atoms with van der Waals surface area (Å²) in [5.41, 5.74) is 3.83. The SMILES string of the molecule is CCn1nc(SC)n2c(=O)c3c(nc12)-c1ccccc1CC3(C)CC. The maximum atomic E-state index is 13.5.